The number of aliphatic hydroxyl groups is 2. The topological polar surface area (TPSA) is 80.6 Å². The Balaban J connectivity index is 1.83. The Labute approximate surface area is 141 Å². The molecule has 1 fully saturated rings. The maximum atomic E-state index is 10.3. The minimum atomic E-state index is -0.859. The lowest BCUT2D eigenvalue weighted by Gasteiger charge is -2.39. The molecule has 0 radical (unpaired) electrons. The van der Waals surface area contributed by atoms with E-state index in [1.165, 1.54) is 0 Å². The number of fused-ring (bicyclic) bond motifs is 1. The van der Waals surface area contributed by atoms with Crippen molar-refractivity contribution in [2.75, 3.05) is 33.7 Å². The van der Waals surface area contributed by atoms with E-state index >= 15 is 0 Å². The van der Waals surface area contributed by atoms with Crippen LogP contribution in [0.15, 0.2) is 12.1 Å². The van der Waals surface area contributed by atoms with Crippen molar-refractivity contribution in [1.29, 1.82) is 0 Å². The Kier molecular flexibility index (Phi) is 5.45. The zero-order chi connectivity index (χ0) is 17.1. The van der Waals surface area contributed by atoms with Crippen molar-refractivity contribution in [2.24, 2.45) is 0 Å². The van der Waals surface area contributed by atoms with Crippen molar-refractivity contribution < 1.29 is 29.2 Å². The molecular formula is C17H25NO6. The summed E-state index contributed by atoms with van der Waals surface area (Å²) in [5.74, 6) is 2.09. The lowest BCUT2D eigenvalue weighted by atomic mass is 10.0. The highest BCUT2D eigenvalue weighted by Gasteiger charge is 2.35. The van der Waals surface area contributed by atoms with Gasteiger partial charge in [0.05, 0.1) is 32.5 Å². The standard InChI is InChI=1S/C17H25NO6/c1-3-4-18(12-8-22-9-13(19)17(12)20)7-11-5-15-16(24-10-23-15)6-14(11)21-2/h5-6,12-13,17,19-20H,3-4,7-10H2,1-2H3/t12-,13-,17+/m1/s1. The fraction of sp³-hybridized carbons (Fsp3) is 0.647. The molecule has 7 heteroatoms. The summed E-state index contributed by atoms with van der Waals surface area (Å²) in [6.07, 6.45) is -0.765. The summed E-state index contributed by atoms with van der Waals surface area (Å²) >= 11 is 0. The van der Waals surface area contributed by atoms with E-state index in [4.69, 9.17) is 18.9 Å². The average molecular weight is 339 g/mol. The minimum Gasteiger partial charge on any atom is -0.496 e. The number of aliphatic hydroxyl groups excluding tert-OH is 2. The number of ether oxygens (including phenoxy) is 4. The molecule has 7 nitrogen and oxygen atoms in total. The van der Waals surface area contributed by atoms with E-state index in [2.05, 4.69) is 11.8 Å². The Morgan fingerprint density at radius 3 is 2.67 bits per heavy atom. The summed E-state index contributed by atoms with van der Waals surface area (Å²) in [6.45, 7) is 4.19. The van der Waals surface area contributed by atoms with Crippen LogP contribution in [0.25, 0.3) is 0 Å². The molecule has 0 aromatic heterocycles. The minimum absolute atomic E-state index is 0.172. The van der Waals surface area contributed by atoms with Crippen LogP contribution < -0.4 is 14.2 Å². The first-order valence-electron chi connectivity index (χ1n) is 8.28. The monoisotopic (exact) mass is 339 g/mol. The number of hydrogen-bond donors (Lipinski definition) is 2. The predicted molar refractivity (Wildman–Crippen MR) is 86.4 cm³/mol. The van der Waals surface area contributed by atoms with Crippen LogP contribution in [-0.2, 0) is 11.3 Å². The second-order valence-corrected chi connectivity index (χ2v) is 6.15. The van der Waals surface area contributed by atoms with Crippen LogP contribution >= 0.6 is 0 Å². The SMILES string of the molecule is CCCN(Cc1cc2c(cc1OC)OCO2)[C@@H]1COC[C@@H](O)[C@H]1O. The number of nitrogens with zero attached hydrogens (tertiary/aromatic N) is 1. The second kappa shape index (κ2) is 7.57. The normalized spacial score (nSPS) is 26.0. The van der Waals surface area contributed by atoms with Gasteiger partial charge in [-0.25, -0.2) is 0 Å². The van der Waals surface area contributed by atoms with Crippen LogP contribution in [0, 0.1) is 0 Å². The molecule has 0 spiro atoms. The maximum Gasteiger partial charge on any atom is 0.231 e. The van der Waals surface area contributed by atoms with Crippen molar-refractivity contribution in [2.45, 2.75) is 38.1 Å². The molecule has 0 amide bonds. The Bertz CT molecular complexity index is 566. The van der Waals surface area contributed by atoms with Gasteiger partial charge in [-0.2, -0.15) is 0 Å². The Morgan fingerprint density at radius 2 is 1.96 bits per heavy atom. The largest absolute Gasteiger partial charge is 0.496 e. The van der Waals surface area contributed by atoms with Gasteiger partial charge in [0, 0.05) is 18.2 Å². The third kappa shape index (κ3) is 3.44. The van der Waals surface area contributed by atoms with Crippen LogP contribution in [0.2, 0.25) is 0 Å². The number of rotatable bonds is 6. The number of methoxy groups -OCH3 is 1. The summed E-state index contributed by atoms with van der Waals surface area (Å²) in [5, 5.41) is 20.2. The summed E-state index contributed by atoms with van der Waals surface area (Å²) in [7, 11) is 1.62. The summed E-state index contributed by atoms with van der Waals surface area (Å²) in [5.41, 5.74) is 0.947. The van der Waals surface area contributed by atoms with Crippen molar-refractivity contribution >= 4 is 0 Å². The lowest BCUT2D eigenvalue weighted by Crippen LogP contribution is -2.55. The Hall–Kier alpha value is -1.54. The van der Waals surface area contributed by atoms with Crippen LogP contribution in [0.4, 0.5) is 0 Å². The van der Waals surface area contributed by atoms with Gasteiger partial charge in [-0.15, -0.1) is 0 Å². The molecule has 1 saturated heterocycles. The quantitative estimate of drug-likeness (QED) is 0.792. The van der Waals surface area contributed by atoms with E-state index in [0.29, 0.717) is 30.4 Å². The highest BCUT2D eigenvalue weighted by molar-refractivity contribution is 5.51. The van der Waals surface area contributed by atoms with Gasteiger partial charge in [0.1, 0.15) is 11.9 Å². The molecule has 2 N–H and O–H groups in total. The van der Waals surface area contributed by atoms with Crippen molar-refractivity contribution in [3.05, 3.63) is 17.7 Å². The fourth-order valence-electron chi connectivity index (χ4n) is 3.23. The van der Waals surface area contributed by atoms with E-state index in [0.717, 1.165) is 18.5 Å². The molecule has 134 valence electrons. The second-order valence-electron chi connectivity index (χ2n) is 6.15. The third-order valence-electron chi connectivity index (χ3n) is 4.49. The maximum absolute atomic E-state index is 10.3. The van der Waals surface area contributed by atoms with Gasteiger partial charge in [-0.05, 0) is 19.0 Å². The van der Waals surface area contributed by atoms with Crippen molar-refractivity contribution in [1.82, 2.24) is 4.90 Å². The van der Waals surface area contributed by atoms with E-state index in [1.54, 1.807) is 7.11 Å². The molecule has 2 aliphatic rings. The Morgan fingerprint density at radius 1 is 1.21 bits per heavy atom. The van der Waals surface area contributed by atoms with Crippen LogP contribution in [0.3, 0.4) is 0 Å². The molecule has 3 atom stereocenters. The van der Waals surface area contributed by atoms with E-state index in [9.17, 15) is 10.2 Å². The fourth-order valence-corrected chi connectivity index (χ4v) is 3.23. The van der Waals surface area contributed by atoms with Crippen molar-refractivity contribution in [3.8, 4) is 17.2 Å². The van der Waals surface area contributed by atoms with Gasteiger partial charge in [0.15, 0.2) is 11.5 Å². The van der Waals surface area contributed by atoms with Gasteiger partial charge in [-0.3, -0.25) is 4.90 Å². The number of hydrogen-bond acceptors (Lipinski definition) is 7. The molecule has 1 aromatic carbocycles. The molecule has 0 saturated carbocycles. The molecule has 2 aliphatic heterocycles. The first-order chi connectivity index (χ1) is 11.6. The first-order valence-corrected chi connectivity index (χ1v) is 8.28. The van der Waals surface area contributed by atoms with E-state index in [1.807, 2.05) is 12.1 Å². The van der Waals surface area contributed by atoms with Crippen LogP contribution in [-0.4, -0.2) is 67.0 Å². The van der Waals surface area contributed by atoms with Gasteiger partial charge in [0.25, 0.3) is 0 Å². The summed E-state index contributed by atoms with van der Waals surface area (Å²) < 4.78 is 21.8. The summed E-state index contributed by atoms with van der Waals surface area (Å²) in [6, 6.07) is 3.48. The van der Waals surface area contributed by atoms with E-state index in [-0.39, 0.29) is 19.4 Å². The molecular weight excluding hydrogens is 314 g/mol. The van der Waals surface area contributed by atoms with Crippen LogP contribution in [0.1, 0.15) is 18.9 Å². The van der Waals surface area contributed by atoms with Gasteiger partial charge in [0.2, 0.25) is 6.79 Å². The highest BCUT2D eigenvalue weighted by atomic mass is 16.7. The van der Waals surface area contributed by atoms with Gasteiger partial charge < -0.3 is 29.2 Å². The first kappa shape index (κ1) is 17.3. The van der Waals surface area contributed by atoms with Gasteiger partial charge >= 0.3 is 0 Å². The molecule has 0 unspecified atom stereocenters. The molecule has 3 rings (SSSR count). The lowest BCUT2D eigenvalue weighted by molar-refractivity contribution is -0.134. The van der Waals surface area contributed by atoms with E-state index < -0.39 is 12.2 Å². The van der Waals surface area contributed by atoms with Crippen LogP contribution in [0.5, 0.6) is 17.2 Å². The zero-order valence-electron chi connectivity index (χ0n) is 14.1. The third-order valence-corrected chi connectivity index (χ3v) is 4.49. The van der Waals surface area contributed by atoms with Gasteiger partial charge in [-0.1, -0.05) is 6.92 Å². The predicted octanol–water partition coefficient (Wildman–Crippen LogP) is 0.756. The molecule has 24 heavy (non-hydrogen) atoms. The zero-order valence-corrected chi connectivity index (χ0v) is 14.1. The molecule has 2 heterocycles. The highest BCUT2D eigenvalue weighted by Crippen LogP contribution is 2.38. The smallest absolute Gasteiger partial charge is 0.231 e. The average Bonchev–Trinajstić information content (AvgIpc) is 3.03. The van der Waals surface area contributed by atoms with Crippen molar-refractivity contribution in [3.63, 3.8) is 0 Å². The molecule has 0 bridgehead atoms. The number of benzene rings is 1. The summed E-state index contributed by atoms with van der Waals surface area (Å²) in [4.78, 5) is 2.12. The molecule has 0 aliphatic carbocycles. The molecule has 1 aromatic rings.